The predicted octanol–water partition coefficient (Wildman–Crippen LogP) is 1.71. The summed E-state index contributed by atoms with van der Waals surface area (Å²) in [5.41, 5.74) is 4.05. The van der Waals surface area contributed by atoms with E-state index in [0.29, 0.717) is 6.54 Å². The second-order valence-electron chi connectivity index (χ2n) is 3.81. The predicted molar refractivity (Wildman–Crippen MR) is 65.6 cm³/mol. The van der Waals surface area contributed by atoms with Crippen molar-refractivity contribution >= 4 is 5.69 Å². The molecule has 0 spiro atoms. The minimum atomic E-state index is 0.660. The molecular weight excluding hydrogens is 216 g/mol. The van der Waals surface area contributed by atoms with Gasteiger partial charge in [-0.2, -0.15) is 0 Å². The minimum absolute atomic E-state index is 0.660. The van der Waals surface area contributed by atoms with E-state index < -0.39 is 0 Å². The monoisotopic (exact) mass is 232 g/mol. The van der Waals surface area contributed by atoms with Gasteiger partial charge < -0.3 is 10.6 Å². The van der Waals surface area contributed by atoms with E-state index in [4.69, 9.17) is 0 Å². The SMILES string of the molecule is CNc1ccccc1CNCc1nonc1C. The zero-order chi connectivity index (χ0) is 12.1. The van der Waals surface area contributed by atoms with E-state index in [0.717, 1.165) is 23.6 Å². The molecule has 5 nitrogen and oxygen atoms in total. The molecule has 17 heavy (non-hydrogen) atoms. The summed E-state index contributed by atoms with van der Waals surface area (Å²) in [5.74, 6) is 0. The molecule has 2 rings (SSSR count). The molecule has 1 aromatic carbocycles. The third kappa shape index (κ3) is 2.82. The lowest BCUT2D eigenvalue weighted by Gasteiger charge is -2.09. The Balaban J connectivity index is 1.92. The van der Waals surface area contributed by atoms with E-state index in [1.807, 2.05) is 26.1 Å². The highest BCUT2D eigenvalue weighted by atomic mass is 16.6. The molecule has 2 N–H and O–H groups in total. The van der Waals surface area contributed by atoms with Crippen molar-refractivity contribution in [1.82, 2.24) is 15.6 Å². The largest absolute Gasteiger partial charge is 0.388 e. The van der Waals surface area contributed by atoms with Gasteiger partial charge in [-0.15, -0.1) is 0 Å². The second kappa shape index (κ2) is 5.45. The zero-order valence-electron chi connectivity index (χ0n) is 10.0. The average molecular weight is 232 g/mol. The maximum Gasteiger partial charge on any atom is 0.121 e. The number of aromatic nitrogens is 2. The van der Waals surface area contributed by atoms with Crippen LogP contribution in [-0.4, -0.2) is 17.4 Å². The molecule has 5 heteroatoms. The van der Waals surface area contributed by atoms with Gasteiger partial charge in [0.25, 0.3) is 0 Å². The smallest absolute Gasteiger partial charge is 0.121 e. The maximum absolute atomic E-state index is 4.64. The first-order valence-electron chi connectivity index (χ1n) is 5.55. The van der Waals surface area contributed by atoms with E-state index in [-0.39, 0.29) is 0 Å². The topological polar surface area (TPSA) is 63.0 Å². The normalized spacial score (nSPS) is 10.5. The third-order valence-electron chi connectivity index (χ3n) is 2.64. The van der Waals surface area contributed by atoms with Gasteiger partial charge in [-0.1, -0.05) is 28.5 Å². The molecular formula is C12H16N4O. The van der Waals surface area contributed by atoms with Gasteiger partial charge >= 0.3 is 0 Å². The fourth-order valence-corrected chi connectivity index (χ4v) is 1.64. The van der Waals surface area contributed by atoms with Crippen LogP contribution in [-0.2, 0) is 13.1 Å². The van der Waals surface area contributed by atoms with Crippen molar-refractivity contribution < 1.29 is 4.63 Å². The lowest BCUT2D eigenvalue weighted by molar-refractivity contribution is 0.300. The van der Waals surface area contributed by atoms with Gasteiger partial charge in [-0.25, -0.2) is 4.63 Å². The number of para-hydroxylation sites is 1. The lowest BCUT2D eigenvalue weighted by Crippen LogP contribution is -2.14. The second-order valence-corrected chi connectivity index (χ2v) is 3.81. The average Bonchev–Trinajstić information content (AvgIpc) is 2.76. The molecule has 2 aromatic rings. The Hall–Kier alpha value is -1.88. The van der Waals surface area contributed by atoms with Gasteiger partial charge in [0.1, 0.15) is 11.4 Å². The Labute approximate surface area is 100 Å². The van der Waals surface area contributed by atoms with Crippen molar-refractivity contribution in [2.45, 2.75) is 20.0 Å². The Morgan fingerprint density at radius 3 is 2.71 bits per heavy atom. The molecule has 0 bridgehead atoms. The van der Waals surface area contributed by atoms with Crippen molar-refractivity contribution in [1.29, 1.82) is 0 Å². The first kappa shape index (κ1) is 11.6. The Bertz CT molecular complexity index is 481. The number of hydrogen-bond acceptors (Lipinski definition) is 5. The van der Waals surface area contributed by atoms with Gasteiger partial charge in [-0.3, -0.25) is 0 Å². The third-order valence-corrected chi connectivity index (χ3v) is 2.64. The van der Waals surface area contributed by atoms with Crippen molar-refractivity contribution in [2.24, 2.45) is 0 Å². The molecule has 1 heterocycles. The van der Waals surface area contributed by atoms with Crippen LogP contribution in [0.25, 0.3) is 0 Å². The summed E-state index contributed by atoms with van der Waals surface area (Å²) >= 11 is 0. The molecule has 0 radical (unpaired) electrons. The van der Waals surface area contributed by atoms with Crippen LogP contribution in [0.2, 0.25) is 0 Å². The van der Waals surface area contributed by atoms with Crippen LogP contribution < -0.4 is 10.6 Å². The number of rotatable bonds is 5. The van der Waals surface area contributed by atoms with E-state index in [9.17, 15) is 0 Å². The molecule has 0 aliphatic carbocycles. The standard InChI is InChI=1S/C12H16N4O/c1-9-12(16-17-15-9)8-14-7-10-5-3-4-6-11(10)13-2/h3-6,13-14H,7-8H2,1-2H3. The van der Waals surface area contributed by atoms with Crippen LogP contribution in [0.3, 0.4) is 0 Å². The van der Waals surface area contributed by atoms with Crippen molar-refractivity contribution in [3.05, 3.63) is 41.2 Å². The molecule has 0 unspecified atom stereocenters. The molecule has 0 fully saturated rings. The summed E-state index contributed by atoms with van der Waals surface area (Å²) in [6.45, 7) is 3.33. The highest BCUT2D eigenvalue weighted by Crippen LogP contribution is 2.13. The van der Waals surface area contributed by atoms with Gasteiger partial charge in [-0.05, 0) is 18.6 Å². The van der Waals surface area contributed by atoms with Crippen LogP contribution in [0.15, 0.2) is 28.9 Å². The fourth-order valence-electron chi connectivity index (χ4n) is 1.64. The number of nitrogens with one attached hydrogen (secondary N) is 2. The van der Waals surface area contributed by atoms with Crippen molar-refractivity contribution in [3.63, 3.8) is 0 Å². The Morgan fingerprint density at radius 2 is 2.00 bits per heavy atom. The number of aryl methyl sites for hydroxylation is 1. The molecule has 0 saturated carbocycles. The summed E-state index contributed by atoms with van der Waals surface area (Å²) in [7, 11) is 1.92. The first-order chi connectivity index (χ1) is 8.31. The van der Waals surface area contributed by atoms with Gasteiger partial charge in [0.2, 0.25) is 0 Å². The summed E-state index contributed by atoms with van der Waals surface area (Å²) in [4.78, 5) is 0. The molecule has 0 saturated heterocycles. The van der Waals surface area contributed by atoms with Crippen LogP contribution in [0, 0.1) is 6.92 Å². The van der Waals surface area contributed by atoms with Crippen molar-refractivity contribution in [3.8, 4) is 0 Å². The summed E-state index contributed by atoms with van der Waals surface area (Å²) in [6.07, 6.45) is 0. The Morgan fingerprint density at radius 1 is 1.18 bits per heavy atom. The Kier molecular flexibility index (Phi) is 3.72. The first-order valence-corrected chi connectivity index (χ1v) is 5.55. The highest BCUT2D eigenvalue weighted by Gasteiger charge is 2.04. The van der Waals surface area contributed by atoms with E-state index >= 15 is 0 Å². The number of anilines is 1. The highest BCUT2D eigenvalue weighted by molar-refractivity contribution is 5.50. The zero-order valence-corrected chi connectivity index (χ0v) is 10.0. The summed E-state index contributed by atoms with van der Waals surface area (Å²) < 4.78 is 4.64. The quantitative estimate of drug-likeness (QED) is 0.821. The molecule has 0 amide bonds. The van der Waals surface area contributed by atoms with E-state index in [2.05, 4.69) is 37.7 Å². The number of hydrogen-bond donors (Lipinski definition) is 2. The van der Waals surface area contributed by atoms with Crippen molar-refractivity contribution in [2.75, 3.05) is 12.4 Å². The van der Waals surface area contributed by atoms with Crippen LogP contribution in [0.4, 0.5) is 5.69 Å². The maximum atomic E-state index is 4.64. The fraction of sp³-hybridized carbons (Fsp3) is 0.333. The lowest BCUT2D eigenvalue weighted by atomic mass is 10.2. The number of nitrogens with zero attached hydrogens (tertiary/aromatic N) is 2. The molecule has 0 atom stereocenters. The van der Waals surface area contributed by atoms with Crippen LogP contribution in [0.5, 0.6) is 0 Å². The van der Waals surface area contributed by atoms with Crippen LogP contribution >= 0.6 is 0 Å². The minimum Gasteiger partial charge on any atom is -0.388 e. The summed E-state index contributed by atoms with van der Waals surface area (Å²) in [6, 6.07) is 8.19. The van der Waals surface area contributed by atoms with E-state index in [1.165, 1.54) is 5.56 Å². The van der Waals surface area contributed by atoms with Gasteiger partial charge in [0.15, 0.2) is 0 Å². The number of benzene rings is 1. The van der Waals surface area contributed by atoms with Gasteiger partial charge in [0.05, 0.1) is 0 Å². The molecule has 0 aliphatic rings. The molecule has 1 aromatic heterocycles. The van der Waals surface area contributed by atoms with E-state index in [1.54, 1.807) is 0 Å². The van der Waals surface area contributed by atoms with Gasteiger partial charge in [0, 0.05) is 25.8 Å². The molecule has 0 aliphatic heterocycles. The van der Waals surface area contributed by atoms with Crippen LogP contribution in [0.1, 0.15) is 17.0 Å². The summed E-state index contributed by atoms with van der Waals surface area (Å²) in [5, 5.41) is 14.0. The molecule has 90 valence electrons.